The van der Waals surface area contributed by atoms with Gasteiger partial charge in [-0.15, -0.1) is 0 Å². The minimum atomic E-state index is 0.0958. The second-order valence-corrected chi connectivity index (χ2v) is 5.78. The number of para-hydroxylation sites is 1. The normalized spacial score (nSPS) is 12.2. The predicted molar refractivity (Wildman–Crippen MR) is 90.5 cm³/mol. The zero-order chi connectivity index (χ0) is 15.2. The van der Waals surface area contributed by atoms with Crippen LogP contribution in [0.25, 0.3) is 0 Å². The molecule has 1 N–H and O–H groups in total. The summed E-state index contributed by atoms with van der Waals surface area (Å²) in [7, 11) is 1.71. The Morgan fingerprint density at radius 3 is 2.62 bits per heavy atom. The minimum absolute atomic E-state index is 0.0958. The summed E-state index contributed by atoms with van der Waals surface area (Å²) in [6.07, 6.45) is 0.876. The Morgan fingerprint density at radius 1 is 1.14 bits per heavy atom. The molecule has 1 atom stereocenters. The van der Waals surface area contributed by atoms with Crippen molar-refractivity contribution in [3.05, 3.63) is 63.6 Å². The summed E-state index contributed by atoms with van der Waals surface area (Å²) in [5.74, 6) is 0. The Morgan fingerprint density at radius 2 is 1.90 bits per heavy atom. The molecule has 21 heavy (non-hydrogen) atoms. The Hall–Kier alpha value is -1.22. The fourth-order valence-corrected chi connectivity index (χ4v) is 2.83. The zero-order valence-electron chi connectivity index (χ0n) is 12.2. The molecular weight excluding hydrogens is 305 g/mol. The number of hydrogen-bond donors (Lipinski definition) is 1. The molecule has 0 bridgehead atoms. The molecule has 2 nitrogen and oxygen atoms in total. The summed E-state index contributed by atoms with van der Waals surface area (Å²) in [4.78, 5) is 0. The summed E-state index contributed by atoms with van der Waals surface area (Å²) in [5.41, 5.74) is 3.37. The Bertz CT molecular complexity index is 601. The number of hydrogen-bond acceptors (Lipinski definition) is 2. The Balaban J connectivity index is 2.17. The number of halogens is 2. The van der Waals surface area contributed by atoms with Gasteiger partial charge in [0.15, 0.2) is 0 Å². The van der Waals surface area contributed by atoms with Crippen LogP contribution in [-0.2, 0) is 11.2 Å². The summed E-state index contributed by atoms with van der Waals surface area (Å²) in [5, 5.41) is 4.84. The second-order valence-electron chi connectivity index (χ2n) is 4.93. The van der Waals surface area contributed by atoms with Crippen molar-refractivity contribution in [2.45, 2.75) is 19.4 Å². The molecule has 0 aromatic heterocycles. The molecule has 2 aromatic carbocycles. The lowest BCUT2D eigenvalue weighted by Crippen LogP contribution is -2.09. The van der Waals surface area contributed by atoms with Crippen LogP contribution in [0.15, 0.2) is 42.5 Å². The molecule has 0 saturated carbocycles. The van der Waals surface area contributed by atoms with Crippen LogP contribution in [-0.4, -0.2) is 13.7 Å². The molecule has 112 valence electrons. The molecule has 4 heteroatoms. The van der Waals surface area contributed by atoms with Crippen molar-refractivity contribution < 1.29 is 4.74 Å². The van der Waals surface area contributed by atoms with E-state index >= 15 is 0 Å². The van der Waals surface area contributed by atoms with Gasteiger partial charge in [0, 0.05) is 22.8 Å². The fourth-order valence-electron chi connectivity index (χ4n) is 2.25. The summed E-state index contributed by atoms with van der Waals surface area (Å²) in [6, 6.07) is 13.9. The van der Waals surface area contributed by atoms with E-state index in [2.05, 4.69) is 24.4 Å². The van der Waals surface area contributed by atoms with Crippen molar-refractivity contribution >= 4 is 28.9 Å². The van der Waals surface area contributed by atoms with Gasteiger partial charge in [-0.1, -0.05) is 47.5 Å². The largest absolute Gasteiger partial charge is 0.384 e. The number of methoxy groups -OCH3 is 1. The maximum Gasteiger partial charge on any atom is 0.0503 e. The number of ether oxygens (including phenoxy) is 1. The van der Waals surface area contributed by atoms with Gasteiger partial charge in [-0.05, 0) is 42.7 Å². The summed E-state index contributed by atoms with van der Waals surface area (Å²) in [6.45, 7) is 2.79. The third kappa shape index (κ3) is 4.37. The van der Waals surface area contributed by atoms with Crippen LogP contribution in [0.4, 0.5) is 5.69 Å². The van der Waals surface area contributed by atoms with Gasteiger partial charge >= 0.3 is 0 Å². The lowest BCUT2D eigenvalue weighted by atomic mass is 10.1. The van der Waals surface area contributed by atoms with Gasteiger partial charge in [-0.3, -0.25) is 0 Å². The van der Waals surface area contributed by atoms with Crippen LogP contribution in [0.1, 0.15) is 24.1 Å². The van der Waals surface area contributed by atoms with Gasteiger partial charge in [0.1, 0.15) is 0 Å². The average Bonchev–Trinajstić information content (AvgIpc) is 2.46. The molecule has 2 aromatic rings. The van der Waals surface area contributed by atoms with Crippen LogP contribution in [0.3, 0.4) is 0 Å². The average molecular weight is 324 g/mol. The standard InChI is InChI=1S/C17H19Cl2NO/c1-12(15-8-7-14(18)11-16(15)19)20-17-6-4-3-5-13(17)9-10-21-2/h3-8,11-12,20H,9-10H2,1-2H3. The van der Waals surface area contributed by atoms with Gasteiger partial charge < -0.3 is 10.1 Å². The fraction of sp³-hybridized carbons (Fsp3) is 0.294. The van der Waals surface area contributed by atoms with Crippen LogP contribution >= 0.6 is 23.2 Å². The quantitative estimate of drug-likeness (QED) is 0.773. The van der Waals surface area contributed by atoms with Crippen LogP contribution in [0, 0.1) is 0 Å². The van der Waals surface area contributed by atoms with Crippen molar-refractivity contribution in [1.82, 2.24) is 0 Å². The first kappa shape index (κ1) is 16.2. The topological polar surface area (TPSA) is 21.3 Å². The molecule has 1 unspecified atom stereocenters. The molecule has 0 spiro atoms. The smallest absolute Gasteiger partial charge is 0.0503 e. The van der Waals surface area contributed by atoms with E-state index < -0.39 is 0 Å². The van der Waals surface area contributed by atoms with Gasteiger partial charge in [0.25, 0.3) is 0 Å². The molecule has 2 rings (SSSR count). The highest BCUT2D eigenvalue weighted by Gasteiger charge is 2.11. The summed E-state index contributed by atoms with van der Waals surface area (Å²) < 4.78 is 5.16. The first-order valence-corrected chi connectivity index (χ1v) is 7.65. The Labute approximate surface area is 136 Å². The number of benzene rings is 2. The SMILES string of the molecule is COCCc1ccccc1NC(C)c1ccc(Cl)cc1Cl. The molecular formula is C17H19Cl2NO. The third-order valence-corrected chi connectivity index (χ3v) is 3.96. The van der Waals surface area contributed by atoms with Gasteiger partial charge in [-0.2, -0.15) is 0 Å². The van der Waals surface area contributed by atoms with Gasteiger partial charge in [-0.25, -0.2) is 0 Å². The van der Waals surface area contributed by atoms with Crippen LogP contribution in [0.2, 0.25) is 10.0 Å². The molecule has 0 heterocycles. The first-order valence-electron chi connectivity index (χ1n) is 6.90. The Kier molecular flexibility index (Phi) is 5.92. The van der Waals surface area contributed by atoms with E-state index in [4.69, 9.17) is 27.9 Å². The van der Waals surface area contributed by atoms with Crippen LogP contribution in [0.5, 0.6) is 0 Å². The highest BCUT2D eigenvalue weighted by Crippen LogP contribution is 2.29. The number of anilines is 1. The molecule has 0 amide bonds. The van der Waals surface area contributed by atoms with E-state index in [9.17, 15) is 0 Å². The number of rotatable bonds is 6. The van der Waals surface area contributed by atoms with E-state index in [0.29, 0.717) is 16.7 Å². The zero-order valence-corrected chi connectivity index (χ0v) is 13.7. The highest BCUT2D eigenvalue weighted by atomic mass is 35.5. The lowest BCUT2D eigenvalue weighted by molar-refractivity contribution is 0.202. The van der Waals surface area contributed by atoms with E-state index in [1.165, 1.54) is 5.56 Å². The first-order chi connectivity index (χ1) is 10.1. The van der Waals surface area contributed by atoms with Crippen molar-refractivity contribution in [2.24, 2.45) is 0 Å². The van der Waals surface area contributed by atoms with Crippen LogP contribution < -0.4 is 5.32 Å². The van der Waals surface area contributed by atoms with Gasteiger partial charge in [0.05, 0.1) is 12.6 Å². The van der Waals surface area contributed by atoms with E-state index in [1.807, 2.05) is 24.3 Å². The molecule has 0 aliphatic heterocycles. The summed E-state index contributed by atoms with van der Waals surface area (Å²) >= 11 is 12.2. The molecule has 0 radical (unpaired) electrons. The van der Waals surface area contributed by atoms with E-state index in [1.54, 1.807) is 13.2 Å². The molecule has 0 fully saturated rings. The maximum atomic E-state index is 6.27. The molecule has 0 saturated heterocycles. The van der Waals surface area contributed by atoms with Crippen molar-refractivity contribution in [2.75, 3.05) is 19.0 Å². The third-order valence-electron chi connectivity index (χ3n) is 3.39. The molecule has 0 aliphatic carbocycles. The van der Waals surface area contributed by atoms with Crippen molar-refractivity contribution in [1.29, 1.82) is 0 Å². The lowest BCUT2D eigenvalue weighted by Gasteiger charge is -2.19. The second kappa shape index (κ2) is 7.69. The number of nitrogens with one attached hydrogen (secondary N) is 1. The van der Waals surface area contributed by atoms with E-state index in [0.717, 1.165) is 17.7 Å². The van der Waals surface area contributed by atoms with E-state index in [-0.39, 0.29) is 6.04 Å². The van der Waals surface area contributed by atoms with Crippen molar-refractivity contribution in [3.63, 3.8) is 0 Å². The maximum absolute atomic E-state index is 6.27. The predicted octanol–water partition coefficient (Wildman–Crippen LogP) is 5.36. The molecule has 0 aliphatic rings. The van der Waals surface area contributed by atoms with Crippen molar-refractivity contribution in [3.8, 4) is 0 Å². The van der Waals surface area contributed by atoms with Gasteiger partial charge in [0.2, 0.25) is 0 Å². The highest BCUT2D eigenvalue weighted by molar-refractivity contribution is 6.35. The minimum Gasteiger partial charge on any atom is -0.384 e. The monoisotopic (exact) mass is 323 g/mol.